The Kier molecular flexibility index (Phi) is 3.08. The summed E-state index contributed by atoms with van der Waals surface area (Å²) in [5, 5.41) is 12.8. The fraction of sp³-hybridized carbons (Fsp3) is 0.500. The molecule has 4 nitrogen and oxygen atoms in total. The van der Waals surface area contributed by atoms with E-state index < -0.39 is 5.97 Å². The lowest BCUT2D eigenvalue weighted by Gasteiger charge is -1.96. The third-order valence-corrected chi connectivity index (χ3v) is 2.73. The molecule has 0 saturated carbocycles. The lowest BCUT2D eigenvalue weighted by molar-refractivity contribution is 0.0688. The Morgan fingerprint density at radius 2 is 2.23 bits per heavy atom. The minimum Gasteiger partial charge on any atom is -0.476 e. The monoisotopic (exact) mass is 246 g/mol. The first-order valence-electron chi connectivity index (χ1n) is 4.10. The van der Waals surface area contributed by atoms with Crippen molar-refractivity contribution in [1.82, 2.24) is 9.78 Å². The van der Waals surface area contributed by atoms with Crippen molar-refractivity contribution < 1.29 is 9.90 Å². The van der Waals surface area contributed by atoms with Crippen molar-refractivity contribution in [1.29, 1.82) is 0 Å². The van der Waals surface area contributed by atoms with Gasteiger partial charge in [-0.1, -0.05) is 6.92 Å². The zero-order valence-corrected chi connectivity index (χ0v) is 9.13. The van der Waals surface area contributed by atoms with E-state index in [9.17, 15) is 4.79 Å². The van der Waals surface area contributed by atoms with Crippen molar-refractivity contribution in [2.75, 3.05) is 0 Å². The van der Waals surface area contributed by atoms with E-state index in [0.717, 1.165) is 10.2 Å². The summed E-state index contributed by atoms with van der Waals surface area (Å²) in [6.07, 6.45) is 0.669. The van der Waals surface area contributed by atoms with Crippen LogP contribution in [0.3, 0.4) is 0 Å². The Hall–Kier alpha value is -0.840. The third kappa shape index (κ3) is 1.75. The van der Waals surface area contributed by atoms with Crippen LogP contribution in [0.2, 0.25) is 0 Å². The molecule has 0 aromatic carbocycles. The van der Waals surface area contributed by atoms with E-state index in [0.29, 0.717) is 13.0 Å². The normalized spacial score (nSPS) is 10.4. The van der Waals surface area contributed by atoms with E-state index in [1.165, 1.54) is 0 Å². The van der Waals surface area contributed by atoms with Gasteiger partial charge in [0.25, 0.3) is 0 Å². The zero-order chi connectivity index (χ0) is 10.0. The number of aryl methyl sites for hydroxylation is 1. The van der Waals surface area contributed by atoms with Gasteiger partial charge in [0, 0.05) is 12.1 Å². The highest BCUT2D eigenvalue weighted by atomic mass is 79.9. The number of hydrogen-bond acceptors (Lipinski definition) is 2. The van der Waals surface area contributed by atoms with Gasteiger partial charge >= 0.3 is 5.97 Å². The topological polar surface area (TPSA) is 55.1 Å². The standard InChI is InChI=1S/C8H11BrN2O2/c1-3-5-6(8(12)13)10-11(4-2)7(5)9/h3-4H2,1-2H3,(H,12,13). The molecule has 5 heteroatoms. The smallest absolute Gasteiger partial charge is 0.356 e. The summed E-state index contributed by atoms with van der Waals surface area (Å²) in [6, 6.07) is 0. The number of halogens is 1. The minimum atomic E-state index is -0.968. The lowest BCUT2D eigenvalue weighted by Crippen LogP contribution is -2.02. The Morgan fingerprint density at radius 1 is 1.62 bits per heavy atom. The van der Waals surface area contributed by atoms with Gasteiger partial charge in [-0.2, -0.15) is 5.10 Å². The molecule has 1 rings (SSSR count). The number of hydrogen-bond donors (Lipinski definition) is 1. The second-order valence-corrected chi connectivity index (χ2v) is 3.34. The van der Waals surface area contributed by atoms with E-state index in [-0.39, 0.29) is 5.69 Å². The molecule has 1 aromatic heterocycles. The molecule has 0 aliphatic heterocycles. The van der Waals surface area contributed by atoms with E-state index in [1.807, 2.05) is 13.8 Å². The Labute approximate surface area is 84.7 Å². The largest absolute Gasteiger partial charge is 0.476 e. The van der Waals surface area contributed by atoms with Crippen molar-refractivity contribution >= 4 is 21.9 Å². The van der Waals surface area contributed by atoms with Crippen molar-refractivity contribution in [3.63, 3.8) is 0 Å². The molecule has 0 unspecified atom stereocenters. The van der Waals surface area contributed by atoms with Gasteiger partial charge in [-0.3, -0.25) is 4.68 Å². The number of carbonyl (C=O) groups is 1. The van der Waals surface area contributed by atoms with E-state index in [2.05, 4.69) is 21.0 Å². The van der Waals surface area contributed by atoms with Crippen molar-refractivity contribution in [2.24, 2.45) is 0 Å². The number of carboxylic acids is 1. The predicted octanol–water partition coefficient (Wildman–Crippen LogP) is 1.93. The van der Waals surface area contributed by atoms with Crippen LogP contribution in [0.15, 0.2) is 4.60 Å². The quantitative estimate of drug-likeness (QED) is 0.887. The van der Waals surface area contributed by atoms with Crippen LogP contribution < -0.4 is 0 Å². The number of rotatable bonds is 3. The van der Waals surface area contributed by atoms with Gasteiger partial charge in [0.1, 0.15) is 4.60 Å². The van der Waals surface area contributed by atoms with Crippen LogP contribution in [0, 0.1) is 0 Å². The van der Waals surface area contributed by atoms with Crippen LogP contribution >= 0.6 is 15.9 Å². The minimum absolute atomic E-state index is 0.149. The predicted molar refractivity (Wildman–Crippen MR) is 51.9 cm³/mol. The molecule has 0 spiro atoms. The molecule has 0 fully saturated rings. The highest BCUT2D eigenvalue weighted by molar-refractivity contribution is 9.10. The van der Waals surface area contributed by atoms with Crippen molar-refractivity contribution in [3.8, 4) is 0 Å². The van der Waals surface area contributed by atoms with Gasteiger partial charge in [-0.05, 0) is 29.3 Å². The average molecular weight is 247 g/mol. The SMILES string of the molecule is CCc1c(C(=O)O)nn(CC)c1Br. The summed E-state index contributed by atoms with van der Waals surface area (Å²) < 4.78 is 2.41. The van der Waals surface area contributed by atoms with Gasteiger partial charge < -0.3 is 5.11 Å². The van der Waals surface area contributed by atoms with Crippen LogP contribution in [0.25, 0.3) is 0 Å². The molecule has 0 radical (unpaired) electrons. The van der Waals surface area contributed by atoms with Gasteiger partial charge in [-0.25, -0.2) is 4.79 Å². The summed E-state index contributed by atoms with van der Waals surface area (Å²) in [4.78, 5) is 10.8. The molecule has 0 aliphatic carbocycles. The van der Waals surface area contributed by atoms with Gasteiger partial charge in [0.15, 0.2) is 5.69 Å². The molecule has 0 amide bonds. The van der Waals surface area contributed by atoms with Gasteiger partial charge in [-0.15, -0.1) is 0 Å². The molecule has 1 heterocycles. The molecule has 1 N–H and O–H groups in total. The van der Waals surface area contributed by atoms with E-state index in [1.54, 1.807) is 4.68 Å². The fourth-order valence-electron chi connectivity index (χ4n) is 1.17. The Morgan fingerprint density at radius 3 is 2.54 bits per heavy atom. The molecular weight excluding hydrogens is 236 g/mol. The summed E-state index contributed by atoms with van der Waals surface area (Å²) >= 11 is 3.33. The van der Waals surface area contributed by atoms with Crippen molar-refractivity contribution in [2.45, 2.75) is 26.8 Å². The van der Waals surface area contributed by atoms with Crippen LogP contribution in [0.1, 0.15) is 29.9 Å². The second-order valence-electron chi connectivity index (χ2n) is 2.59. The molecule has 0 bridgehead atoms. The second kappa shape index (κ2) is 3.91. The average Bonchev–Trinajstić information content (AvgIpc) is 2.42. The Balaban J connectivity index is 3.27. The number of aromatic carboxylic acids is 1. The molecular formula is C8H11BrN2O2. The summed E-state index contributed by atoms with van der Waals surface area (Å²) in [5.41, 5.74) is 0.908. The lowest BCUT2D eigenvalue weighted by atomic mass is 10.2. The van der Waals surface area contributed by atoms with Crippen molar-refractivity contribution in [3.05, 3.63) is 15.9 Å². The highest BCUT2D eigenvalue weighted by Gasteiger charge is 2.18. The molecule has 0 saturated heterocycles. The van der Waals surface area contributed by atoms with Crippen LogP contribution in [0.5, 0.6) is 0 Å². The maximum Gasteiger partial charge on any atom is 0.356 e. The number of carboxylic acid groups (broad SMARTS) is 1. The fourth-order valence-corrected chi connectivity index (χ4v) is 1.97. The van der Waals surface area contributed by atoms with E-state index in [4.69, 9.17) is 5.11 Å². The first-order chi connectivity index (χ1) is 6.11. The summed E-state index contributed by atoms with van der Waals surface area (Å²) in [5.74, 6) is -0.968. The first kappa shape index (κ1) is 10.2. The maximum atomic E-state index is 10.8. The van der Waals surface area contributed by atoms with E-state index >= 15 is 0 Å². The molecule has 72 valence electrons. The summed E-state index contributed by atoms with van der Waals surface area (Å²) in [7, 11) is 0. The number of nitrogens with zero attached hydrogens (tertiary/aromatic N) is 2. The molecule has 13 heavy (non-hydrogen) atoms. The van der Waals surface area contributed by atoms with Crippen LogP contribution in [-0.4, -0.2) is 20.9 Å². The molecule has 0 aliphatic rings. The first-order valence-corrected chi connectivity index (χ1v) is 4.89. The molecule has 0 atom stereocenters. The Bertz CT molecular complexity index is 333. The molecule has 1 aromatic rings. The van der Waals surface area contributed by atoms with Gasteiger partial charge in [0.05, 0.1) is 0 Å². The number of aromatic nitrogens is 2. The van der Waals surface area contributed by atoms with Crippen LogP contribution in [0.4, 0.5) is 0 Å². The maximum absolute atomic E-state index is 10.8. The third-order valence-electron chi connectivity index (χ3n) is 1.84. The van der Waals surface area contributed by atoms with Crippen LogP contribution in [-0.2, 0) is 13.0 Å². The summed E-state index contributed by atoms with van der Waals surface area (Å²) in [6.45, 7) is 4.50. The van der Waals surface area contributed by atoms with Gasteiger partial charge in [0.2, 0.25) is 0 Å². The zero-order valence-electron chi connectivity index (χ0n) is 7.54. The highest BCUT2D eigenvalue weighted by Crippen LogP contribution is 2.21.